The number of imide groups is 1. The lowest BCUT2D eigenvalue weighted by Crippen LogP contribution is -2.60. The molecule has 8 atom stereocenters. The third kappa shape index (κ3) is 6.85. The van der Waals surface area contributed by atoms with E-state index in [0.29, 0.717) is 18.5 Å². The van der Waals surface area contributed by atoms with Gasteiger partial charge in [-0.1, -0.05) is 52.7 Å². The summed E-state index contributed by atoms with van der Waals surface area (Å²) in [5, 5.41) is 27.7. The second kappa shape index (κ2) is 14.2. The molecule has 7 N–H and O–H groups in total. The van der Waals surface area contributed by atoms with Crippen LogP contribution in [0.1, 0.15) is 121 Å². The summed E-state index contributed by atoms with van der Waals surface area (Å²) in [4.78, 5) is 65.4. The van der Waals surface area contributed by atoms with Crippen LogP contribution in [0.2, 0.25) is 0 Å². The van der Waals surface area contributed by atoms with Crippen molar-refractivity contribution in [1.82, 2.24) is 10.6 Å². The number of hydrogen-bond acceptors (Lipinski definition) is 7. The summed E-state index contributed by atoms with van der Waals surface area (Å²) in [7, 11) is 0. The minimum Gasteiger partial charge on any atom is -0.508 e. The molecule has 286 valence electrons. The van der Waals surface area contributed by atoms with Gasteiger partial charge in [-0.2, -0.15) is 0 Å². The lowest BCUT2D eigenvalue weighted by atomic mass is 9.49. The first-order valence-corrected chi connectivity index (χ1v) is 19.3. The van der Waals surface area contributed by atoms with Crippen molar-refractivity contribution in [1.29, 1.82) is 0 Å². The van der Waals surface area contributed by atoms with Gasteiger partial charge in [0, 0.05) is 12.1 Å². The van der Waals surface area contributed by atoms with Gasteiger partial charge in [0.25, 0.3) is 0 Å². The maximum Gasteiger partial charge on any atom is 0.303 e. The number of aryl methyl sites for hydroxylation is 2. The second-order valence-electron chi connectivity index (χ2n) is 17.3. The first-order valence-electron chi connectivity index (χ1n) is 19.3. The summed E-state index contributed by atoms with van der Waals surface area (Å²) in [6.45, 7) is 10.0. The predicted octanol–water partition coefficient (Wildman–Crippen LogP) is 5.39. The number of anilines is 1. The summed E-state index contributed by atoms with van der Waals surface area (Å²) in [5.41, 5.74) is 8.86. The van der Waals surface area contributed by atoms with Crippen LogP contribution in [0.3, 0.4) is 0 Å². The summed E-state index contributed by atoms with van der Waals surface area (Å²) in [6, 6.07) is 9.54. The minimum atomic E-state index is -1.05. The van der Waals surface area contributed by atoms with Gasteiger partial charge in [-0.15, -0.1) is 0 Å². The molecular weight excluding hydrogens is 672 g/mol. The number of nitrogens with two attached hydrogens (primary N) is 1. The fraction of sp³-hybridized carbons (Fsp3) is 0.595. The van der Waals surface area contributed by atoms with Gasteiger partial charge in [0.1, 0.15) is 11.8 Å². The van der Waals surface area contributed by atoms with Gasteiger partial charge >= 0.3 is 5.97 Å². The van der Waals surface area contributed by atoms with Gasteiger partial charge < -0.3 is 26.6 Å². The van der Waals surface area contributed by atoms with Crippen LogP contribution in [0.4, 0.5) is 5.69 Å². The number of carbonyl (C=O) groups excluding carboxylic acids is 4. The summed E-state index contributed by atoms with van der Waals surface area (Å²) in [5.74, 6) is -2.23. The number of carboxylic acid groups (broad SMARTS) is 1. The van der Waals surface area contributed by atoms with E-state index in [1.807, 2.05) is 44.2 Å². The zero-order chi connectivity index (χ0) is 38.5. The van der Waals surface area contributed by atoms with E-state index in [1.165, 1.54) is 11.1 Å². The lowest BCUT2D eigenvalue weighted by molar-refractivity contribution is -0.150. The number of amides is 4. The molecule has 0 aliphatic heterocycles. The van der Waals surface area contributed by atoms with Crippen LogP contribution in [0, 0.1) is 22.7 Å². The molecule has 11 nitrogen and oxygen atoms in total. The molecule has 2 saturated carbocycles. The maximum atomic E-state index is 14.5. The number of aromatic hydroxyl groups is 1. The zero-order valence-corrected chi connectivity index (χ0v) is 31.8. The number of nitrogens with one attached hydrogen (secondary N) is 3. The fourth-order valence-corrected chi connectivity index (χ4v) is 11.0. The molecule has 0 bridgehead atoms. The Bertz CT molecular complexity index is 1830. The van der Waals surface area contributed by atoms with Gasteiger partial charge in [0.2, 0.25) is 23.6 Å². The molecule has 53 heavy (non-hydrogen) atoms. The molecule has 6 rings (SSSR count). The molecule has 0 heterocycles. The second-order valence-corrected chi connectivity index (χ2v) is 17.3. The van der Waals surface area contributed by atoms with Crippen molar-refractivity contribution in [2.75, 3.05) is 5.32 Å². The van der Waals surface area contributed by atoms with Crippen LogP contribution in [0.5, 0.6) is 5.75 Å². The first kappa shape index (κ1) is 38.5. The van der Waals surface area contributed by atoms with Crippen molar-refractivity contribution in [3.63, 3.8) is 0 Å². The van der Waals surface area contributed by atoms with Crippen LogP contribution in [-0.2, 0) is 47.6 Å². The van der Waals surface area contributed by atoms with E-state index in [2.05, 4.69) is 29.8 Å². The SMILES string of the molecule is C[C@H](NC(=O)[C@@H](N)CCC(=O)O)C(=O)Nc1ccc2c(c1)[C@@]1(C)CCC[C@](C)(C(=O)NC(=O)[C@@]3(C)CCC[C@]4(C)c5cc(O)ccc5CC[C@@H]34)[C@@H]1CC2. The number of carbonyl (C=O) groups is 5. The van der Waals surface area contributed by atoms with Crippen LogP contribution in [-0.4, -0.2) is 51.9 Å². The third-order valence-corrected chi connectivity index (χ3v) is 14.0. The van der Waals surface area contributed by atoms with Crippen molar-refractivity contribution in [3.8, 4) is 5.75 Å². The van der Waals surface area contributed by atoms with Crippen LogP contribution < -0.4 is 21.7 Å². The van der Waals surface area contributed by atoms with E-state index < -0.39 is 40.7 Å². The zero-order valence-electron chi connectivity index (χ0n) is 31.8. The van der Waals surface area contributed by atoms with Crippen molar-refractivity contribution in [2.24, 2.45) is 28.4 Å². The third-order valence-electron chi connectivity index (χ3n) is 14.0. The summed E-state index contributed by atoms with van der Waals surface area (Å²) < 4.78 is 0. The predicted molar refractivity (Wildman–Crippen MR) is 201 cm³/mol. The monoisotopic (exact) mass is 728 g/mol. The number of benzene rings is 2. The average molecular weight is 729 g/mol. The molecule has 0 radical (unpaired) electrons. The highest BCUT2D eigenvalue weighted by Crippen LogP contribution is 2.59. The molecule has 4 aliphatic carbocycles. The summed E-state index contributed by atoms with van der Waals surface area (Å²) >= 11 is 0. The highest BCUT2D eigenvalue weighted by molar-refractivity contribution is 6.01. The van der Waals surface area contributed by atoms with Gasteiger partial charge in [0.05, 0.1) is 16.9 Å². The van der Waals surface area contributed by atoms with Crippen molar-refractivity contribution in [2.45, 2.75) is 135 Å². The molecular formula is C42H56N4O7. The van der Waals surface area contributed by atoms with E-state index in [-0.39, 0.29) is 53.1 Å². The standard InChI is InChI=1S/C42H56N4O7/c1-24(44-36(51)31(43)14-17-34(48)49)35(50)45-27-12-8-25-10-15-32-39(2,29(25)22-27)18-6-20-41(32,4)37(52)46-38(53)42(5)21-7-19-40(3)30-23-28(47)13-9-26(30)11-16-33(40)42/h8-9,12-13,22-24,31-33,47H,6-7,10-11,14-21,43H2,1-5H3,(H,44,51)(H,45,50)(H,48,49)(H,46,52,53)/t24-,31-,32+,33+,39+,40+,41-,42-/m0/s1. The minimum absolute atomic E-state index is 0.0329. The van der Waals surface area contributed by atoms with Gasteiger partial charge in [-0.3, -0.25) is 29.3 Å². The highest BCUT2D eigenvalue weighted by Gasteiger charge is 2.58. The number of hydrogen-bond donors (Lipinski definition) is 6. The van der Waals surface area contributed by atoms with Gasteiger partial charge in [-0.05, 0) is 134 Å². The Balaban J connectivity index is 1.17. The summed E-state index contributed by atoms with van der Waals surface area (Å²) in [6.07, 6.45) is 7.83. The highest BCUT2D eigenvalue weighted by atomic mass is 16.4. The Morgan fingerprint density at radius 3 is 1.87 bits per heavy atom. The van der Waals surface area contributed by atoms with E-state index >= 15 is 0 Å². The van der Waals surface area contributed by atoms with Crippen molar-refractivity contribution < 1.29 is 34.2 Å². The number of phenolic OH excluding ortho intramolecular Hbond substituents is 1. The van der Waals surface area contributed by atoms with E-state index in [0.717, 1.165) is 62.5 Å². The Morgan fingerprint density at radius 1 is 0.792 bits per heavy atom. The Hall–Kier alpha value is -4.25. The Morgan fingerprint density at radius 2 is 1.32 bits per heavy atom. The topological polar surface area (TPSA) is 188 Å². The average Bonchev–Trinajstić information content (AvgIpc) is 3.10. The molecule has 0 spiro atoms. The Kier molecular flexibility index (Phi) is 10.3. The molecule has 0 aromatic heterocycles. The molecule has 2 fully saturated rings. The number of carboxylic acids is 1. The number of fused-ring (bicyclic) bond motifs is 6. The largest absolute Gasteiger partial charge is 0.508 e. The number of aliphatic carboxylic acids is 1. The lowest BCUT2D eigenvalue weighted by Gasteiger charge is -2.56. The molecule has 0 unspecified atom stereocenters. The molecule has 2 aromatic rings. The normalized spacial score (nSPS) is 31.3. The molecule has 11 heteroatoms. The molecule has 4 amide bonds. The smallest absolute Gasteiger partial charge is 0.303 e. The number of rotatable bonds is 9. The van der Waals surface area contributed by atoms with Gasteiger partial charge in [-0.25, -0.2) is 0 Å². The van der Waals surface area contributed by atoms with E-state index in [9.17, 15) is 29.1 Å². The first-order chi connectivity index (χ1) is 24.9. The molecule has 4 aliphatic rings. The Labute approximate surface area is 312 Å². The maximum absolute atomic E-state index is 14.5. The van der Waals surface area contributed by atoms with Gasteiger partial charge in [0.15, 0.2) is 0 Å². The molecule has 0 saturated heterocycles. The van der Waals surface area contributed by atoms with Crippen molar-refractivity contribution in [3.05, 3.63) is 58.7 Å². The fourth-order valence-electron chi connectivity index (χ4n) is 11.0. The van der Waals surface area contributed by atoms with E-state index in [1.54, 1.807) is 13.0 Å². The molecule has 2 aromatic carbocycles. The van der Waals surface area contributed by atoms with Crippen molar-refractivity contribution >= 4 is 35.3 Å². The van der Waals surface area contributed by atoms with Crippen LogP contribution in [0.15, 0.2) is 36.4 Å². The van der Waals surface area contributed by atoms with Crippen LogP contribution >= 0.6 is 0 Å². The number of phenols is 1. The quantitative estimate of drug-likeness (QED) is 0.185. The van der Waals surface area contributed by atoms with Crippen LogP contribution in [0.25, 0.3) is 0 Å². The van der Waals surface area contributed by atoms with E-state index in [4.69, 9.17) is 10.8 Å².